The lowest BCUT2D eigenvalue weighted by molar-refractivity contribution is -0.759. The van der Waals surface area contributed by atoms with E-state index in [2.05, 4.69) is 18.7 Å². The Morgan fingerprint density at radius 2 is 2.00 bits per heavy atom. The average molecular weight is 233 g/mol. The lowest BCUT2D eigenvalue weighted by Gasteiger charge is -2.18. The van der Waals surface area contributed by atoms with Crippen molar-refractivity contribution in [2.45, 2.75) is 52.6 Å². The zero-order chi connectivity index (χ0) is 12.4. The van der Waals surface area contributed by atoms with E-state index in [0.717, 1.165) is 12.8 Å². The number of ether oxygens (including phenoxy) is 1. The Hall–Kier alpha value is -0.840. The van der Waals surface area contributed by atoms with Crippen molar-refractivity contribution in [3.05, 3.63) is 10.1 Å². The minimum atomic E-state index is -0.783. The summed E-state index contributed by atoms with van der Waals surface area (Å²) in [5.74, 6) is 0.554. The third-order valence-corrected chi connectivity index (χ3v) is 2.57. The van der Waals surface area contributed by atoms with Crippen LogP contribution in [-0.4, -0.2) is 24.4 Å². The van der Waals surface area contributed by atoms with Crippen molar-refractivity contribution in [3.8, 4) is 0 Å². The van der Waals surface area contributed by atoms with Crippen molar-refractivity contribution in [1.82, 2.24) is 0 Å². The predicted molar refractivity (Wildman–Crippen MR) is 61.7 cm³/mol. The van der Waals surface area contributed by atoms with Crippen LogP contribution in [0.5, 0.6) is 0 Å². The summed E-state index contributed by atoms with van der Waals surface area (Å²) in [7, 11) is 0. The smallest absolute Gasteiger partial charge is 0.294 e. The molecule has 0 saturated heterocycles. The Morgan fingerprint density at radius 1 is 1.31 bits per heavy atom. The molecule has 0 radical (unpaired) electrons. The molecule has 0 aliphatic carbocycles. The van der Waals surface area contributed by atoms with Gasteiger partial charge in [0, 0.05) is 6.61 Å². The molecular weight excluding hydrogens is 210 g/mol. The normalized spacial score (nSPS) is 14.4. The fraction of sp³-hybridized carbons (Fsp3) is 1.00. The quantitative estimate of drug-likeness (QED) is 0.430. The zero-order valence-electron chi connectivity index (χ0n) is 10.5. The molecule has 0 heterocycles. The molecule has 5 heteroatoms. The molecule has 0 aliphatic rings. The Bertz CT molecular complexity index is 187. The number of unbranched alkanes of at least 4 members (excludes halogenated alkanes) is 1. The largest absolute Gasteiger partial charge is 0.376 e. The van der Waals surface area contributed by atoms with E-state index in [1.54, 1.807) is 6.92 Å². The molecule has 0 saturated carbocycles. The van der Waals surface area contributed by atoms with Crippen LogP contribution in [0.25, 0.3) is 0 Å². The van der Waals surface area contributed by atoms with Gasteiger partial charge in [-0.2, -0.15) is 0 Å². The van der Waals surface area contributed by atoms with Crippen molar-refractivity contribution < 1.29 is 14.7 Å². The maximum absolute atomic E-state index is 9.97. The molecule has 0 N–H and O–H groups in total. The molecular formula is C11H23NO4. The zero-order valence-corrected chi connectivity index (χ0v) is 10.5. The first-order valence-corrected chi connectivity index (χ1v) is 5.99. The first-order valence-electron chi connectivity index (χ1n) is 5.99. The highest BCUT2D eigenvalue weighted by Crippen LogP contribution is 2.13. The van der Waals surface area contributed by atoms with Crippen LogP contribution < -0.4 is 0 Å². The van der Waals surface area contributed by atoms with Gasteiger partial charge < -0.3 is 9.57 Å². The number of rotatable bonds is 10. The minimum absolute atomic E-state index is 0.0111. The summed E-state index contributed by atoms with van der Waals surface area (Å²) in [5.41, 5.74) is 0. The lowest BCUT2D eigenvalue weighted by atomic mass is 10.0. The maximum Gasteiger partial charge on any atom is 0.294 e. The summed E-state index contributed by atoms with van der Waals surface area (Å²) in [5, 5.41) is 9.18. The van der Waals surface area contributed by atoms with Crippen LogP contribution >= 0.6 is 0 Å². The van der Waals surface area contributed by atoms with E-state index in [9.17, 15) is 10.1 Å². The van der Waals surface area contributed by atoms with E-state index in [1.165, 1.54) is 12.8 Å². The number of hydrogen-bond acceptors (Lipinski definition) is 4. The fourth-order valence-corrected chi connectivity index (χ4v) is 1.41. The summed E-state index contributed by atoms with van der Waals surface area (Å²) in [6.07, 6.45) is 4.43. The average Bonchev–Trinajstić information content (AvgIpc) is 2.26. The van der Waals surface area contributed by atoms with Gasteiger partial charge in [-0.05, 0) is 19.3 Å². The van der Waals surface area contributed by atoms with E-state index >= 15 is 0 Å². The van der Waals surface area contributed by atoms with Crippen LogP contribution in [0.4, 0.5) is 0 Å². The molecule has 96 valence electrons. The minimum Gasteiger partial charge on any atom is -0.376 e. The summed E-state index contributed by atoms with van der Waals surface area (Å²) in [6.45, 7) is 6.77. The number of hydrogen-bond donors (Lipinski definition) is 0. The van der Waals surface area contributed by atoms with Crippen LogP contribution in [0.1, 0.15) is 46.5 Å². The van der Waals surface area contributed by atoms with Gasteiger partial charge in [0.05, 0.1) is 6.10 Å². The van der Waals surface area contributed by atoms with E-state index in [-0.39, 0.29) is 12.7 Å². The molecule has 0 aliphatic heterocycles. The standard InChI is InChI=1S/C11H23NO4/c1-4-6-7-11(5-2)9-15-10(3)8-16-12(13)14/h10-11H,4-9H2,1-3H3. The van der Waals surface area contributed by atoms with Crippen LogP contribution in [0.3, 0.4) is 0 Å². The molecule has 0 bridgehead atoms. The van der Waals surface area contributed by atoms with Crippen molar-refractivity contribution in [3.63, 3.8) is 0 Å². The summed E-state index contributed by atoms with van der Waals surface area (Å²) in [4.78, 5) is 14.2. The van der Waals surface area contributed by atoms with Gasteiger partial charge in [-0.1, -0.05) is 33.1 Å². The highest BCUT2D eigenvalue weighted by molar-refractivity contribution is 4.57. The van der Waals surface area contributed by atoms with Gasteiger partial charge in [-0.15, -0.1) is 10.1 Å². The van der Waals surface area contributed by atoms with Gasteiger partial charge in [0.15, 0.2) is 0 Å². The van der Waals surface area contributed by atoms with Crippen LogP contribution in [0.2, 0.25) is 0 Å². The van der Waals surface area contributed by atoms with Gasteiger partial charge in [0.1, 0.15) is 6.61 Å². The first kappa shape index (κ1) is 15.2. The molecule has 0 rings (SSSR count). The highest BCUT2D eigenvalue weighted by Gasteiger charge is 2.10. The first-order chi connectivity index (χ1) is 7.60. The Morgan fingerprint density at radius 3 is 2.50 bits per heavy atom. The van der Waals surface area contributed by atoms with Crippen molar-refractivity contribution in [2.75, 3.05) is 13.2 Å². The topological polar surface area (TPSA) is 61.6 Å². The third-order valence-electron chi connectivity index (χ3n) is 2.57. The third kappa shape index (κ3) is 8.47. The van der Waals surface area contributed by atoms with Crippen LogP contribution in [0.15, 0.2) is 0 Å². The Labute approximate surface area is 97.2 Å². The van der Waals surface area contributed by atoms with Gasteiger partial charge in [0.25, 0.3) is 5.09 Å². The molecule has 2 atom stereocenters. The molecule has 16 heavy (non-hydrogen) atoms. The van der Waals surface area contributed by atoms with E-state index in [0.29, 0.717) is 12.5 Å². The maximum atomic E-state index is 9.97. The molecule has 0 amide bonds. The second-order valence-electron chi connectivity index (χ2n) is 4.08. The molecule has 0 fully saturated rings. The summed E-state index contributed by atoms with van der Waals surface area (Å²) >= 11 is 0. The van der Waals surface area contributed by atoms with Crippen LogP contribution in [-0.2, 0) is 9.57 Å². The van der Waals surface area contributed by atoms with Crippen molar-refractivity contribution >= 4 is 0 Å². The second-order valence-corrected chi connectivity index (χ2v) is 4.08. The molecule has 2 unspecified atom stereocenters. The number of nitrogens with zero attached hydrogens (tertiary/aromatic N) is 1. The van der Waals surface area contributed by atoms with Crippen molar-refractivity contribution in [2.24, 2.45) is 5.92 Å². The predicted octanol–water partition coefficient (Wildman–Crippen LogP) is 2.82. The van der Waals surface area contributed by atoms with Gasteiger partial charge in [-0.25, -0.2) is 0 Å². The fourth-order valence-electron chi connectivity index (χ4n) is 1.41. The van der Waals surface area contributed by atoms with Gasteiger partial charge in [0.2, 0.25) is 0 Å². The van der Waals surface area contributed by atoms with Crippen molar-refractivity contribution in [1.29, 1.82) is 0 Å². The summed E-state index contributed by atoms with van der Waals surface area (Å²) in [6, 6.07) is 0. The van der Waals surface area contributed by atoms with E-state index in [4.69, 9.17) is 4.74 Å². The summed E-state index contributed by atoms with van der Waals surface area (Å²) < 4.78 is 5.51. The second kappa shape index (κ2) is 9.39. The molecule has 5 nitrogen and oxygen atoms in total. The monoisotopic (exact) mass is 233 g/mol. The lowest BCUT2D eigenvalue weighted by Crippen LogP contribution is -2.21. The molecule has 0 aromatic carbocycles. The van der Waals surface area contributed by atoms with Crippen LogP contribution in [0, 0.1) is 16.0 Å². The van der Waals surface area contributed by atoms with E-state index in [1.807, 2.05) is 0 Å². The Kier molecular flexibility index (Phi) is 8.90. The molecule has 0 aromatic heterocycles. The van der Waals surface area contributed by atoms with Gasteiger partial charge >= 0.3 is 0 Å². The molecule has 0 spiro atoms. The Balaban J connectivity index is 3.61. The highest BCUT2D eigenvalue weighted by atomic mass is 17.0. The molecule has 0 aromatic rings. The van der Waals surface area contributed by atoms with Gasteiger partial charge in [-0.3, -0.25) is 0 Å². The SMILES string of the molecule is CCCCC(CC)COC(C)CO[N+](=O)[O-]. The van der Waals surface area contributed by atoms with E-state index < -0.39 is 5.09 Å².